The summed E-state index contributed by atoms with van der Waals surface area (Å²) in [6, 6.07) is 0.173. The summed E-state index contributed by atoms with van der Waals surface area (Å²) >= 11 is 0. The van der Waals surface area contributed by atoms with Gasteiger partial charge in [0.15, 0.2) is 0 Å². The minimum absolute atomic E-state index is 0.0761. The lowest BCUT2D eigenvalue weighted by Crippen LogP contribution is -2.55. The molecule has 0 bridgehead atoms. The number of rotatable bonds is 5. The molecule has 0 saturated carbocycles. The van der Waals surface area contributed by atoms with E-state index in [0.717, 1.165) is 39.1 Å². The summed E-state index contributed by atoms with van der Waals surface area (Å²) in [5.74, 6) is 6.72. The zero-order chi connectivity index (χ0) is 13.9. The van der Waals surface area contributed by atoms with Crippen LogP contribution in [0.5, 0.6) is 0 Å². The van der Waals surface area contributed by atoms with Crippen LogP contribution in [0, 0.1) is 11.8 Å². The van der Waals surface area contributed by atoms with Crippen molar-refractivity contribution in [3.63, 3.8) is 0 Å². The second-order valence-electron chi connectivity index (χ2n) is 6.22. The van der Waals surface area contributed by atoms with Gasteiger partial charge in [0.2, 0.25) is 0 Å². The van der Waals surface area contributed by atoms with E-state index in [9.17, 15) is 0 Å². The standard InChI is InChI=1S/C14H28N2O3/c1-10(2)13(17-3)12(16-15)11-4-6-19-14(8-11)5-7-18-9-14/h10-13,16H,4-9,15H2,1-3H3. The van der Waals surface area contributed by atoms with Gasteiger partial charge in [-0.3, -0.25) is 11.3 Å². The van der Waals surface area contributed by atoms with Gasteiger partial charge in [0.25, 0.3) is 0 Å². The molecule has 2 heterocycles. The molecule has 0 radical (unpaired) electrons. The van der Waals surface area contributed by atoms with Crippen molar-refractivity contribution < 1.29 is 14.2 Å². The number of hydrazine groups is 1. The van der Waals surface area contributed by atoms with Gasteiger partial charge in [-0.25, -0.2) is 0 Å². The molecule has 2 rings (SSSR count). The van der Waals surface area contributed by atoms with Gasteiger partial charge in [-0.15, -0.1) is 0 Å². The Labute approximate surface area is 116 Å². The molecule has 5 nitrogen and oxygen atoms in total. The zero-order valence-corrected chi connectivity index (χ0v) is 12.4. The molecule has 2 aliphatic rings. The number of hydrogen-bond acceptors (Lipinski definition) is 5. The van der Waals surface area contributed by atoms with Crippen LogP contribution < -0.4 is 11.3 Å². The van der Waals surface area contributed by atoms with Gasteiger partial charge >= 0.3 is 0 Å². The molecule has 5 heteroatoms. The van der Waals surface area contributed by atoms with E-state index in [4.69, 9.17) is 20.1 Å². The number of nitrogens with one attached hydrogen (secondary N) is 1. The Balaban J connectivity index is 2.05. The quantitative estimate of drug-likeness (QED) is 0.579. The number of ether oxygens (including phenoxy) is 3. The lowest BCUT2D eigenvalue weighted by Gasteiger charge is -2.42. The smallest absolute Gasteiger partial charge is 0.0939 e. The van der Waals surface area contributed by atoms with E-state index in [-0.39, 0.29) is 17.7 Å². The molecule has 0 aliphatic carbocycles. The first-order valence-corrected chi connectivity index (χ1v) is 7.32. The Bertz CT molecular complexity index is 280. The molecule has 0 amide bonds. The van der Waals surface area contributed by atoms with Crippen LogP contribution in [0.25, 0.3) is 0 Å². The molecule has 0 aromatic rings. The first-order chi connectivity index (χ1) is 9.12. The maximum Gasteiger partial charge on any atom is 0.0939 e. The van der Waals surface area contributed by atoms with Crippen molar-refractivity contribution in [2.24, 2.45) is 17.7 Å². The molecular formula is C14H28N2O3. The average molecular weight is 272 g/mol. The van der Waals surface area contributed by atoms with E-state index in [0.29, 0.717) is 11.8 Å². The highest BCUT2D eigenvalue weighted by Gasteiger charge is 2.44. The van der Waals surface area contributed by atoms with Crippen LogP contribution in [0.2, 0.25) is 0 Å². The highest BCUT2D eigenvalue weighted by atomic mass is 16.6. The average Bonchev–Trinajstić information content (AvgIpc) is 2.83. The maximum atomic E-state index is 5.99. The van der Waals surface area contributed by atoms with Gasteiger partial charge in [-0.1, -0.05) is 13.8 Å². The highest BCUT2D eigenvalue weighted by molar-refractivity contribution is 4.95. The number of hydrogen-bond donors (Lipinski definition) is 2. The van der Waals surface area contributed by atoms with E-state index >= 15 is 0 Å². The van der Waals surface area contributed by atoms with Crippen LogP contribution in [0.3, 0.4) is 0 Å². The first kappa shape index (κ1) is 15.2. The summed E-state index contributed by atoms with van der Waals surface area (Å²) < 4.78 is 17.2. The lowest BCUT2D eigenvalue weighted by atomic mass is 9.78. The third-order valence-electron chi connectivity index (χ3n) is 4.58. The van der Waals surface area contributed by atoms with Crippen LogP contribution >= 0.6 is 0 Å². The van der Waals surface area contributed by atoms with Crippen molar-refractivity contribution in [3.8, 4) is 0 Å². The van der Waals surface area contributed by atoms with Gasteiger partial charge in [0.1, 0.15) is 0 Å². The van der Waals surface area contributed by atoms with Gasteiger partial charge in [0, 0.05) is 26.7 Å². The van der Waals surface area contributed by atoms with Crippen molar-refractivity contribution in [2.75, 3.05) is 26.9 Å². The second-order valence-corrected chi connectivity index (χ2v) is 6.22. The van der Waals surface area contributed by atoms with Gasteiger partial charge in [-0.05, 0) is 24.7 Å². The zero-order valence-electron chi connectivity index (χ0n) is 12.4. The molecule has 3 N–H and O–H groups in total. The second kappa shape index (κ2) is 6.50. The Morgan fingerprint density at radius 3 is 2.68 bits per heavy atom. The highest BCUT2D eigenvalue weighted by Crippen LogP contribution is 2.38. The SMILES string of the molecule is COC(C(C)C)C(NN)C1CCOC2(CCOC2)C1. The van der Waals surface area contributed by atoms with Crippen LogP contribution in [-0.2, 0) is 14.2 Å². The molecule has 19 heavy (non-hydrogen) atoms. The van der Waals surface area contributed by atoms with Crippen LogP contribution in [-0.4, -0.2) is 44.7 Å². The van der Waals surface area contributed by atoms with Crippen molar-refractivity contribution in [1.29, 1.82) is 0 Å². The van der Waals surface area contributed by atoms with Crippen LogP contribution in [0.4, 0.5) is 0 Å². The summed E-state index contributed by atoms with van der Waals surface area (Å²) in [7, 11) is 1.77. The van der Waals surface area contributed by atoms with Gasteiger partial charge < -0.3 is 14.2 Å². The molecule has 2 aliphatic heterocycles. The fourth-order valence-electron chi connectivity index (χ4n) is 3.57. The van der Waals surface area contributed by atoms with E-state index in [1.54, 1.807) is 7.11 Å². The predicted molar refractivity (Wildman–Crippen MR) is 73.6 cm³/mol. The topological polar surface area (TPSA) is 65.7 Å². The number of methoxy groups -OCH3 is 1. The minimum atomic E-state index is -0.0761. The Kier molecular flexibility index (Phi) is 5.20. The Morgan fingerprint density at radius 1 is 1.37 bits per heavy atom. The molecule has 2 saturated heterocycles. The summed E-state index contributed by atoms with van der Waals surface area (Å²) in [6.45, 7) is 6.67. The van der Waals surface area contributed by atoms with E-state index in [1.807, 2.05) is 0 Å². The monoisotopic (exact) mass is 272 g/mol. The fourth-order valence-corrected chi connectivity index (χ4v) is 3.57. The normalized spacial score (nSPS) is 34.9. The summed E-state index contributed by atoms with van der Waals surface area (Å²) in [6.07, 6.45) is 3.17. The van der Waals surface area contributed by atoms with Crippen molar-refractivity contribution in [3.05, 3.63) is 0 Å². The summed E-state index contributed by atoms with van der Waals surface area (Å²) in [4.78, 5) is 0. The molecule has 2 fully saturated rings. The minimum Gasteiger partial charge on any atom is -0.380 e. The van der Waals surface area contributed by atoms with E-state index in [1.165, 1.54) is 0 Å². The van der Waals surface area contributed by atoms with Gasteiger partial charge in [-0.2, -0.15) is 0 Å². The van der Waals surface area contributed by atoms with E-state index in [2.05, 4.69) is 19.3 Å². The molecule has 4 unspecified atom stereocenters. The lowest BCUT2D eigenvalue weighted by molar-refractivity contribution is -0.113. The van der Waals surface area contributed by atoms with Crippen molar-refractivity contribution in [1.82, 2.24) is 5.43 Å². The van der Waals surface area contributed by atoms with Crippen LogP contribution in [0.1, 0.15) is 33.1 Å². The third-order valence-corrected chi connectivity index (χ3v) is 4.58. The Morgan fingerprint density at radius 2 is 2.16 bits per heavy atom. The maximum absolute atomic E-state index is 5.99. The summed E-state index contributed by atoms with van der Waals surface area (Å²) in [5.41, 5.74) is 2.91. The fraction of sp³-hybridized carbons (Fsp3) is 1.00. The van der Waals surface area contributed by atoms with Crippen molar-refractivity contribution >= 4 is 0 Å². The number of nitrogens with two attached hydrogens (primary N) is 1. The summed E-state index contributed by atoms with van der Waals surface area (Å²) in [5, 5.41) is 0. The van der Waals surface area contributed by atoms with Gasteiger partial charge in [0.05, 0.1) is 24.4 Å². The predicted octanol–water partition coefficient (Wildman–Crippen LogP) is 1.08. The van der Waals surface area contributed by atoms with Crippen molar-refractivity contribution in [2.45, 2.75) is 50.9 Å². The Hall–Kier alpha value is -0.200. The molecule has 112 valence electrons. The molecule has 0 aromatic heterocycles. The largest absolute Gasteiger partial charge is 0.380 e. The van der Waals surface area contributed by atoms with E-state index < -0.39 is 0 Å². The third kappa shape index (κ3) is 3.28. The first-order valence-electron chi connectivity index (χ1n) is 7.32. The molecular weight excluding hydrogens is 244 g/mol. The molecule has 1 spiro atoms. The molecule has 4 atom stereocenters. The van der Waals surface area contributed by atoms with Crippen LogP contribution in [0.15, 0.2) is 0 Å². The molecule has 0 aromatic carbocycles.